The lowest BCUT2D eigenvalue weighted by Gasteiger charge is -2.11. The largest absolute Gasteiger partial charge is 0.494 e. The summed E-state index contributed by atoms with van der Waals surface area (Å²) in [6.45, 7) is 6.75. The van der Waals surface area contributed by atoms with Gasteiger partial charge in [-0.3, -0.25) is 4.98 Å². The number of ether oxygens (including phenoxy) is 1. The molecule has 0 atom stereocenters. The van der Waals surface area contributed by atoms with Gasteiger partial charge in [-0.05, 0) is 74.9 Å². The predicted octanol–water partition coefficient (Wildman–Crippen LogP) is 4.95. The van der Waals surface area contributed by atoms with Gasteiger partial charge in [-0.25, -0.2) is 0 Å². The predicted molar refractivity (Wildman–Crippen MR) is 104 cm³/mol. The Labute approximate surface area is 154 Å². The molecule has 0 aliphatic heterocycles. The van der Waals surface area contributed by atoms with Crippen molar-refractivity contribution in [2.45, 2.75) is 20.8 Å². The molecule has 130 valence electrons. The van der Waals surface area contributed by atoms with Gasteiger partial charge >= 0.3 is 0 Å². The van der Waals surface area contributed by atoms with Crippen LogP contribution in [0.25, 0.3) is 17.3 Å². The minimum Gasteiger partial charge on any atom is -0.494 e. The molecule has 0 spiro atoms. The lowest BCUT2D eigenvalue weighted by molar-refractivity contribution is 0.340. The van der Waals surface area contributed by atoms with Gasteiger partial charge in [0.05, 0.1) is 17.9 Å². The van der Waals surface area contributed by atoms with Gasteiger partial charge in [0.2, 0.25) is 0 Å². The topological polar surface area (TPSA) is 50.8 Å². The SMILES string of the molecule is CCOc1ccc(-n2c(C)cc(/C=C(\C#N)c3ccccn3)c2C)cc1. The maximum absolute atomic E-state index is 9.53. The van der Waals surface area contributed by atoms with Crippen molar-refractivity contribution in [1.82, 2.24) is 9.55 Å². The van der Waals surface area contributed by atoms with Crippen LogP contribution < -0.4 is 4.74 Å². The smallest absolute Gasteiger partial charge is 0.119 e. The molecule has 4 heteroatoms. The van der Waals surface area contributed by atoms with E-state index in [-0.39, 0.29) is 0 Å². The van der Waals surface area contributed by atoms with Gasteiger partial charge in [0.15, 0.2) is 0 Å². The molecule has 26 heavy (non-hydrogen) atoms. The Morgan fingerprint density at radius 2 is 1.96 bits per heavy atom. The quantitative estimate of drug-likeness (QED) is 0.616. The normalized spacial score (nSPS) is 11.2. The number of nitriles is 1. The van der Waals surface area contributed by atoms with Crippen molar-refractivity contribution in [2.75, 3.05) is 6.61 Å². The zero-order valence-corrected chi connectivity index (χ0v) is 15.2. The summed E-state index contributed by atoms with van der Waals surface area (Å²) >= 11 is 0. The fraction of sp³-hybridized carbons (Fsp3) is 0.182. The van der Waals surface area contributed by atoms with E-state index in [4.69, 9.17) is 4.74 Å². The van der Waals surface area contributed by atoms with Gasteiger partial charge in [0, 0.05) is 23.3 Å². The van der Waals surface area contributed by atoms with E-state index in [0.717, 1.165) is 28.4 Å². The number of nitrogens with zero attached hydrogens (tertiary/aromatic N) is 3. The third kappa shape index (κ3) is 3.52. The molecule has 0 unspecified atom stereocenters. The minimum absolute atomic E-state index is 0.553. The maximum Gasteiger partial charge on any atom is 0.119 e. The van der Waals surface area contributed by atoms with E-state index in [1.54, 1.807) is 6.20 Å². The number of benzene rings is 1. The molecule has 0 aliphatic carbocycles. The van der Waals surface area contributed by atoms with Crippen LogP contribution in [0.4, 0.5) is 0 Å². The Morgan fingerprint density at radius 3 is 2.58 bits per heavy atom. The number of rotatable bonds is 5. The van der Waals surface area contributed by atoms with Crippen LogP contribution in [0.15, 0.2) is 54.7 Å². The van der Waals surface area contributed by atoms with Gasteiger partial charge < -0.3 is 9.30 Å². The summed E-state index contributed by atoms with van der Waals surface area (Å²) in [6.07, 6.45) is 3.60. The molecule has 0 saturated carbocycles. The number of aromatic nitrogens is 2. The molecule has 4 nitrogen and oxygen atoms in total. The van der Waals surface area contributed by atoms with Crippen molar-refractivity contribution in [3.63, 3.8) is 0 Å². The Balaban J connectivity index is 2.00. The van der Waals surface area contributed by atoms with E-state index >= 15 is 0 Å². The lowest BCUT2D eigenvalue weighted by atomic mass is 10.1. The Kier molecular flexibility index (Phi) is 5.19. The van der Waals surface area contributed by atoms with E-state index in [1.165, 1.54) is 0 Å². The van der Waals surface area contributed by atoms with Gasteiger partial charge in [0.1, 0.15) is 11.8 Å². The fourth-order valence-electron chi connectivity index (χ4n) is 3.03. The molecule has 2 heterocycles. The number of hydrogen-bond donors (Lipinski definition) is 0. The first-order valence-electron chi connectivity index (χ1n) is 8.59. The monoisotopic (exact) mass is 343 g/mol. The third-order valence-electron chi connectivity index (χ3n) is 4.24. The van der Waals surface area contributed by atoms with Crippen molar-refractivity contribution >= 4 is 11.6 Å². The average molecular weight is 343 g/mol. The molecule has 1 aromatic carbocycles. The number of allylic oxidation sites excluding steroid dienone is 1. The van der Waals surface area contributed by atoms with Crippen LogP contribution in [0.5, 0.6) is 5.75 Å². The Morgan fingerprint density at radius 1 is 1.19 bits per heavy atom. The summed E-state index contributed by atoms with van der Waals surface area (Å²) < 4.78 is 7.69. The number of aryl methyl sites for hydroxylation is 1. The van der Waals surface area contributed by atoms with Crippen LogP contribution in [0.1, 0.15) is 29.6 Å². The molecule has 0 radical (unpaired) electrons. The number of hydrogen-bond acceptors (Lipinski definition) is 3. The third-order valence-corrected chi connectivity index (χ3v) is 4.24. The zero-order chi connectivity index (χ0) is 18.5. The van der Waals surface area contributed by atoms with Crippen molar-refractivity contribution < 1.29 is 4.74 Å². The van der Waals surface area contributed by atoms with Crippen LogP contribution in [0, 0.1) is 25.2 Å². The summed E-state index contributed by atoms with van der Waals surface area (Å²) in [6, 6.07) is 18.0. The van der Waals surface area contributed by atoms with Gasteiger partial charge in [-0.15, -0.1) is 0 Å². The van der Waals surface area contributed by atoms with Crippen molar-refractivity contribution in [1.29, 1.82) is 5.26 Å². The van der Waals surface area contributed by atoms with Crippen LogP contribution in [0.2, 0.25) is 0 Å². The molecule has 0 aliphatic rings. The van der Waals surface area contributed by atoms with Crippen LogP contribution in [-0.2, 0) is 0 Å². The van der Waals surface area contributed by atoms with Crippen molar-refractivity contribution in [2.24, 2.45) is 0 Å². The molecular weight excluding hydrogens is 322 g/mol. The summed E-state index contributed by atoms with van der Waals surface area (Å²) in [7, 11) is 0. The van der Waals surface area contributed by atoms with Crippen LogP contribution >= 0.6 is 0 Å². The highest BCUT2D eigenvalue weighted by atomic mass is 16.5. The summed E-state index contributed by atoms with van der Waals surface area (Å²) in [5.74, 6) is 0.862. The van der Waals surface area contributed by atoms with Crippen LogP contribution in [0.3, 0.4) is 0 Å². The molecule has 0 fully saturated rings. The average Bonchev–Trinajstić information content (AvgIpc) is 2.95. The van der Waals surface area contributed by atoms with E-state index in [9.17, 15) is 5.26 Å². The number of pyridine rings is 1. The molecule has 3 rings (SSSR count). The second kappa shape index (κ2) is 7.71. The van der Waals surface area contributed by atoms with Crippen LogP contribution in [-0.4, -0.2) is 16.2 Å². The lowest BCUT2D eigenvalue weighted by Crippen LogP contribution is -1.99. The van der Waals surface area contributed by atoms with Crippen molar-refractivity contribution in [3.8, 4) is 17.5 Å². The highest BCUT2D eigenvalue weighted by molar-refractivity contribution is 5.88. The zero-order valence-electron chi connectivity index (χ0n) is 15.2. The second-order valence-electron chi connectivity index (χ2n) is 5.97. The maximum atomic E-state index is 9.53. The molecule has 0 N–H and O–H groups in total. The fourth-order valence-corrected chi connectivity index (χ4v) is 3.03. The summed E-state index contributed by atoms with van der Waals surface area (Å²) in [5, 5.41) is 9.53. The first-order valence-corrected chi connectivity index (χ1v) is 8.59. The highest BCUT2D eigenvalue weighted by Crippen LogP contribution is 2.25. The molecule has 0 bridgehead atoms. The Hall–Kier alpha value is -3.32. The molecule has 2 aromatic heterocycles. The van der Waals surface area contributed by atoms with Gasteiger partial charge in [-0.2, -0.15) is 5.26 Å². The molecular formula is C22H21N3O. The Bertz CT molecular complexity index is 961. The van der Waals surface area contributed by atoms with Gasteiger partial charge in [0.25, 0.3) is 0 Å². The van der Waals surface area contributed by atoms with Gasteiger partial charge in [-0.1, -0.05) is 6.07 Å². The molecule has 3 aromatic rings. The van der Waals surface area contributed by atoms with E-state index in [1.807, 2.05) is 55.5 Å². The summed E-state index contributed by atoms with van der Waals surface area (Å²) in [4.78, 5) is 4.28. The molecule has 0 amide bonds. The minimum atomic E-state index is 0.553. The van der Waals surface area contributed by atoms with Crippen molar-refractivity contribution in [3.05, 3.63) is 77.4 Å². The first kappa shape index (κ1) is 17.5. The highest BCUT2D eigenvalue weighted by Gasteiger charge is 2.11. The summed E-state index contributed by atoms with van der Waals surface area (Å²) in [5.41, 5.74) is 5.50. The standard InChI is InChI=1S/C22H21N3O/c1-4-26-21-10-8-20(9-11-21)25-16(2)13-18(17(25)3)14-19(15-23)22-7-5-6-12-24-22/h5-14H,4H2,1-3H3/b19-14+. The van der Waals surface area contributed by atoms with E-state index in [2.05, 4.69) is 35.5 Å². The van der Waals surface area contributed by atoms with E-state index < -0.39 is 0 Å². The first-order chi connectivity index (χ1) is 12.6. The van der Waals surface area contributed by atoms with E-state index in [0.29, 0.717) is 17.9 Å². The molecule has 0 saturated heterocycles. The second-order valence-corrected chi connectivity index (χ2v) is 5.97.